The van der Waals surface area contributed by atoms with Crippen molar-refractivity contribution in [1.29, 1.82) is 0 Å². The predicted molar refractivity (Wildman–Crippen MR) is 121 cm³/mol. The number of anilines is 1. The molecule has 158 valence electrons. The van der Waals surface area contributed by atoms with E-state index in [0.717, 1.165) is 11.4 Å². The van der Waals surface area contributed by atoms with Gasteiger partial charge in [0, 0.05) is 34.0 Å². The number of aromatic nitrogens is 3. The van der Waals surface area contributed by atoms with Gasteiger partial charge in [0.15, 0.2) is 11.0 Å². The standard InChI is InChI=1S/C19H20ClN5O3S2/c1-10(2)24-18(14-8-29-12(4)11(14)3)22-23-19(24)30-9-17(26)21-16-7-13(25(27)28)5-6-15(16)20/h5-8,10H,9H2,1-4H3,(H,21,26). The van der Waals surface area contributed by atoms with Gasteiger partial charge in [0.1, 0.15) is 0 Å². The highest BCUT2D eigenvalue weighted by Gasteiger charge is 2.21. The van der Waals surface area contributed by atoms with Gasteiger partial charge >= 0.3 is 0 Å². The Morgan fingerprint density at radius 1 is 1.37 bits per heavy atom. The molecule has 0 aliphatic carbocycles. The van der Waals surface area contributed by atoms with Crippen LogP contribution in [0.2, 0.25) is 5.02 Å². The second kappa shape index (κ2) is 9.15. The molecule has 0 aliphatic rings. The number of carbonyl (C=O) groups excluding carboxylic acids is 1. The van der Waals surface area contributed by atoms with Crippen molar-refractivity contribution in [3.8, 4) is 11.4 Å². The number of nitro benzene ring substituents is 1. The molecule has 0 unspecified atom stereocenters. The maximum absolute atomic E-state index is 12.4. The topological polar surface area (TPSA) is 103 Å². The van der Waals surface area contributed by atoms with Crippen LogP contribution >= 0.6 is 34.7 Å². The van der Waals surface area contributed by atoms with E-state index in [1.54, 1.807) is 11.3 Å². The Labute approximate surface area is 186 Å². The van der Waals surface area contributed by atoms with Crippen molar-refractivity contribution in [2.24, 2.45) is 0 Å². The number of thioether (sulfide) groups is 1. The van der Waals surface area contributed by atoms with Crippen LogP contribution in [0.25, 0.3) is 11.4 Å². The normalized spacial score (nSPS) is 11.1. The molecule has 2 heterocycles. The monoisotopic (exact) mass is 465 g/mol. The fourth-order valence-electron chi connectivity index (χ4n) is 2.80. The highest BCUT2D eigenvalue weighted by Crippen LogP contribution is 2.33. The molecule has 0 fully saturated rings. The fraction of sp³-hybridized carbons (Fsp3) is 0.316. The molecular formula is C19H20ClN5O3S2. The number of halogens is 1. The third-order valence-corrected chi connectivity index (χ3v) is 6.76. The maximum atomic E-state index is 12.4. The van der Waals surface area contributed by atoms with Crippen LogP contribution in [0.3, 0.4) is 0 Å². The highest BCUT2D eigenvalue weighted by molar-refractivity contribution is 7.99. The number of thiophene rings is 1. The third kappa shape index (κ3) is 4.66. The van der Waals surface area contributed by atoms with Crippen LogP contribution in [0.5, 0.6) is 0 Å². The summed E-state index contributed by atoms with van der Waals surface area (Å²) in [4.78, 5) is 24.0. The van der Waals surface area contributed by atoms with Crippen LogP contribution in [0.4, 0.5) is 11.4 Å². The number of benzene rings is 1. The molecule has 3 rings (SSSR count). The average Bonchev–Trinajstić information content (AvgIpc) is 3.25. The summed E-state index contributed by atoms with van der Waals surface area (Å²) in [6.45, 7) is 8.20. The summed E-state index contributed by atoms with van der Waals surface area (Å²) in [5.41, 5.74) is 2.27. The van der Waals surface area contributed by atoms with Crippen molar-refractivity contribution in [2.75, 3.05) is 11.1 Å². The number of carbonyl (C=O) groups is 1. The zero-order valence-corrected chi connectivity index (χ0v) is 19.2. The molecule has 11 heteroatoms. The van der Waals surface area contributed by atoms with E-state index in [4.69, 9.17) is 11.6 Å². The summed E-state index contributed by atoms with van der Waals surface area (Å²) in [5, 5.41) is 25.1. The van der Waals surface area contributed by atoms with Gasteiger partial charge in [0.05, 0.1) is 21.4 Å². The molecule has 0 atom stereocenters. The first-order valence-electron chi connectivity index (χ1n) is 9.05. The molecule has 30 heavy (non-hydrogen) atoms. The molecule has 0 bridgehead atoms. The summed E-state index contributed by atoms with van der Waals surface area (Å²) in [5.74, 6) is 0.493. The lowest BCUT2D eigenvalue weighted by Gasteiger charge is -2.14. The summed E-state index contributed by atoms with van der Waals surface area (Å²) >= 11 is 8.97. The number of aryl methyl sites for hydroxylation is 1. The number of nitrogens with one attached hydrogen (secondary N) is 1. The van der Waals surface area contributed by atoms with Crippen LogP contribution < -0.4 is 5.32 Å². The van der Waals surface area contributed by atoms with Gasteiger partial charge in [0.25, 0.3) is 5.69 Å². The summed E-state index contributed by atoms with van der Waals surface area (Å²) < 4.78 is 2.01. The zero-order chi connectivity index (χ0) is 22.0. The number of amides is 1. The molecule has 0 spiro atoms. The Balaban J connectivity index is 1.76. The van der Waals surface area contributed by atoms with Crippen LogP contribution in [-0.4, -0.2) is 31.3 Å². The number of hydrogen-bond acceptors (Lipinski definition) is 7. The summed E-state index contributed by atoms with van der Waals surface area (Å²) in [7, 11) is 0. The highest BCUT2D eigenvalue weighted by atomic mass is 35.5. The number of rotatable bonds is 7. The lowest BCUT2D eigenvalue weighted by Crippen LogP contribution is -2.15. The van der Waals surface area contributed by atoms with E-state index in [1.165, 1.54) is 40.4 Å². The molecule has 1 amide bonds. The molecule has 0 radical (unpaired) electrons. The van der Waals surface area contributed by atoms with Gasteiger partial charge in [-0.25, -0.2) is 0 Å². The van der Waals surface area contributed by atoms with Gasteiger partial charge in [-0.1, -0.05) is 23.4 Å². The van der Waals surface area contributed by atoms with Gasteiger partial charge in [-0.05, 0) is 39.3 Å². The van der Waals surface area contributed by atoms with E-state index in [0.29, 0.717) is 5.16 Å². The van der Waals surface area contributed by atoms with Gasteiger partial charge in [0.2, 0.25) is 5.91 Å². The Bertz CT molecular complexity index is 1110. The van der Waals surface area contributed by atoms with Gasteiger partial charge in [-0.3, -0.25) is 19.5 Å². The Morgan fingerprint density at radius 2 is 2.10 bits per heavy atom. The minimum atomic E-state index is -0.540. The first-order valence-corrected chi connectivity index (χ1v) is 11.3. The third-order valence-electron chi connectivity index (χ3n) is 4.47. The number of nitro groups is 1. The Hall–Kier alpha value is -2.43. The minimum absolute atomic E-state index is 0.0610. The molecule has 1 N–H and O–H groups in total. The molecular weight excluding hydrogens is 446 g/mol. The molecule has 2 aromatic heterocycles. The van der Waals surface area contributed by atoms with E-state index >= 15 is 0 Å². The predicted octanol–water partition coefficient (Wildman–Crippen LogP) is 5.50. The van der Waals surface area contributed by atoms with Gasteiger partial charge in [-0.15, -0.1) is 21.5 Å². The molecule has 3 aromatic rings. The second-order valence-electron chi connectivity index (χ2n) is 6.86. The minimum Gasteiger partial charge on any atom is -0.324 e. The SMILES string of the molecule is Cc1scc(-c2nnc(SCC(=O)Nc3cc([N+](=O)[O-])ccc3Cl)n2C(C)C)c1C. The number of hydrogen-bond donors (Lipinski definition) is 1. The maximum Gasteiger partial charge on any atom is 0.271 e. The Morgan fingerprint density at radius 3 is 2.70 bits per heavy atom. The van der Waals surface area contributed by atoms with E-state index in [2.05, 4.69) is 34.7 Å². The first-order chi connectivity index (χ1) is 14.2. The van der Waals surface area contributed by atoms with E-state index < -0.39 is 4.92 Å². The van der Waals surface area contributed by atoms with Crippen molar-refractivity contribution in [3.63, 3.8) is 0 Å². The second-order valence-corrected chi connectivity index (χ2v) is 9.29. The van der Waals surface area contributed by atoms with Crippen molar-refractivity contribution < 1.29 is 9.72 Å². The van der Waals surface area contributed by atoms with Gasteiger partial charge in [-0.2, -0.15) is 0 Å². The summed E-state index contributed by atoms with van der Waals surface area (Å²) in [6.07, 6.45) is 0. The molecule has 0 aliphatic heterocycles. The van der Waals surface area contributed by atoms with Crippen LogP contribution in [0.1, 0.15) is 30.3 Å². The zero-order valence-electron chi connectivity index (χ0n) is 16.8. The Kier molecular flexibility index (Phi) is 6.79. The van der Waals surface area contributed by atoms with Crippen molar-refractivity contribution in [1.82, 2.24) is 14.8 Å². The molecule has 0 saturated carbocycles. The lowest BCUT2D eigenvalue weighted by molar-refractivity contribution is -0.384. The number of nitrogens with zero attached hydrogens (tertiary/aromatic N) is 4. The largest absolute Gasteiger partial charge is 0.324 e. The van der Waals surface area contributed by atoms with E-state index in [9.17, 15) is 14.9 Å². The van der Waals surface area contributed by atoms with Crippen LogP contribution in [-0.2, 0) is 4.79 Å². The summed E-state index contributed by atoms with van der Waals surface area (Å²) in [6, 6.07) is 4.01. The van der Waals surface area contributed by atoms with Crippen molar-refractivity contribution in [3.05, 3.63) is 49.2 Å². The molecule has 1 aromatic carbocycles. The van der Waals surface area contributed by atoms with E-state index in [1.807, 2.05) is 18.4 Å². The fourth-order valence-corrected chi connectivity index (χ4v) is 4.69. The average molecular weight is 466 g/mol. The quantitative estimate of drug-likeness (QED) is 0.281. The van der Waals surface area contributed by atoms with Crippen molar-refractivity contribution in [2.45, 2.75) is 38.9 Å². The van der Waals surface area contributed by atoms with Crippen molar-refractivity contribution >= 4 is 52.0 Å². The van der Waals surface area contributed by atoms with E-state index in [-0.39, 0.29) is 34.1 Å². The van der Waals surface area contributed by atoms with Crippen LogP contribution in [0.15, 0.2) is 28.7 Å². The first kappa shape index (κ1) is 22.3. The van der Waals surface area contributed by atoms with Gasteiger partial charge < -0.3 is 5.32 Å². The van der Waals surface area contributed by atoms with Crippen LogP contribution in [0, 0.1) is 24.0 Å². The lowest BCUT2D eigenvalue weighted by atomic mass is 10.1. The number of non-ortho nitro benzene ring substituents is 1. The molecule has 0 saturated heterocycles. The smallest absolute Gasteiger partial charge is 0.271 e. The molecule has 8 nitrogen and oxygen atoms in total.